The maximum atomic E-state index is 11.8. The van der Waals surface area contributed by atoms with Gasteiger partial charge in [-0.2, -0.15) is 11.3 Å². The summed E-state index contributed by atoms with van der Waals surface area (Å²) in [6.45, 7) is 1.98. The monoisotopic (exact) mass is 295 g/mol. The largest absolute Gasteiger partial charge is 0.455 e. The third-order valence-electron chi connectivity index (χ3n) is 3.75. The second-order valence-corrected chi connectivity index (χ2v) is 6.18. The Morgan fingerprint density at radius 1 is 1.40 bits per heavy atom. The Hall–Kier alpha value is -1.36. The molecule has 2 rings (SSSR count). The van der Waals surface area contributed by atoms with Crippen LogP contribution in [0.5, 0.6) is 0 Å². The standard InChI is InChI=1S/C15H21NO3S/c1-11-4-2-3-5-13(11)16-14(17)9-19-15(18)8-12-6-7-20-10-12/h6-7,10-11,13H,2-5,8-9H2,1H3,(H,16,17)/t11-,13-/m0/s1. The molecule has 2 atom stereocenters. The van der Waals surface area contributed by atoms with Crippen LogP contribution >= 0.6 is 11.3 Å². The highest BCUT2D eigenvalue weighted by Gasteiger charge is 2.23. The molecule has 20 heavy (non-hydrogen) atoms. The van der Waals surface area contributed by atoms with Gasteiger partial charge < -0.3 is 10.1 Å². The Balaban J connectivity index is 1.68. The summed E-state index contributed by atoms with van der Waals surface area (Å²) in [6, 6.07) is 2.11. The third-order valence-corrected chi connectivity index (χ3v) is 4.48. The summed E-state index contributed by atoms with van der Waals surface area (Å²) in [4.78, 5) is 23.4. The van der Waals surface area contributed by atoms with Gasteiger partial charge in [-0.25, -0.2) is 0 Å². The van der Waals surface area contributed by atoms with Crippen LogP contribution in [0, 0.1) is 5.92 Å². The number of nitrogens with one attached hydrogen (secondary N) is 1. The minimum atomic E-state index is -0.352. The fraction of sp³-hybridized carbons (Fsp3) is 0.600. The van der Waals surface area contributed by atoms with Crippen LogP contribution in [0.25, 0.3) is 0 Å². The molecule has 0 aromatic carbocycles. The number of ether oxygens (including phenoxy) is 1. The van der Waals surface area contributed by atoms with Gasteiger partial charge in [0, 0.05) is 6.04 Å². The van der Waals surface area contributed by atoms with Gasteiger partial charge in [-0.3, -0.25) is 9.59 Å². The van der Waals surface area contributed by atoms with E-state index in [0.29, 0.717) is 5.92 Å². The van der Waals surface area contributed by atoms with E-state index in [4.69, 9.17) is 4.74 Å². The van der Waals surface area contributed by atoms with Crippen molar-refractivity contribution in [1.29, 1.82) is 0 Å². The van der Waals surface area contributed by atoms with Crippen molar-refractivity contribution >= 4 is 23.2 Å². The first-order chi connectivity index (χ1) is 9.65. The van der Waals surface area contributed by atoms with Gasteiger partial charge in [0.25, 0.3) is 5.91 Å². The van der Waals surface area contributed by atoms with Crippen LogP contribution in [0.4, 0.5) is 0 Å². The van der Waals surface area contributed by atoms with E-state index in [0.717, 1.165) is 24.8 Å². The summed E-state index contributed by atoms with van der Waals surface area (Å²) in [5.74, 6) is -0.0353. The van der Waals surface area contributed by atoms with Crippen LogP contribution in [-0.2, 0) is 20.7 Å². The van der Waals surface area contributed by atoms with Crippen LogP contribution in [0.2, 0.25) is 0 Å². The SMILES string of the molecule is C[C@H]1CCCC[C@@H]1NC(=O)COC(=O)Cc1ccsc1. The van der Waals surface area contributed by atoms with E-state index in [1.54, 1.807) is 11.3 Å². The average Bonchev–Trinajstić information content (AvgIpc) is 2.92. The lowest BCUT2D eigenvalue weighted by atomic mass is 9.86. The fourth-order valence-electron chi connectivity index (χ4n) is 2.54. The highest BCUT2D eigenvalue weighted by atomic mass is 32.1. The van der Waals surface area contributed by atoms with Gasteiger partial charge in [-0.05, 0) is 41.1 Å². The van der Waals surface area contributed by atoms with Crippen molar-refractivity contribution in [2.45, 2.75) is 45.1 Å². The quantitative estimate of drug-likeness (QED) is 0.849. The molecule has 1 aliphatic carbocycles. The summed E-state index contributed by atoms with van der Waals surface area (Å²) >= 11 is 1.54. The second kappa shape index (κ2) is 7.43. The van der Waals surface area contributed by atoms with Crippen molar-refractivity contribution < 1.29 is 14.3 Å². The minimum Gasteiger partial charge on any atom is -0.455 e. The van der Waals surface area contributed by atoms with Crippen molar-refractivity contribution in [2.24, 2.45) is 5.92 Å². The third kappa shape index (κ3) is 4.63. The lowest BCUT2D eigenvalue weighted by Gasteiger charge is -2.29. The first-order valence-corrected chi connectivity index (χ1v) is 8.05. The number of carbonyl (C=O) groups excluding carboxylic acids is 2. The maximum Gasteiger partial charge on any atom is 0.310 e. The Labute approximate surface area is 123 Å². The average molecular weight is 295 g/mol. The molecule has 4 nitrogen and oxygen atoms in total. The van der Waals surface area contributed by atoms with Gasteiger partial charge in [-0.15, -0.1) is 0 Å². The molecule has 0 aliphatic heterocycles. The van der Waals surface area contributed by atoms with E-state index >= 15 is 0 Å². The molecule has 110 valence electrons. The second-order valence-electron chi connectivity index (χ2n) is 5.40. The molecule has 0 bridgehead atoms. The summed E-state index contributed by atoms with van der Waals surface area (Å²) in [5, 5.41) is 6.79. The zero-order valence-electron chi connectivity index (χ0n) is 11.8. The molecule has 1 fully saturated rings. The van der Waals surface area contributed by atoms with E-state index in [1.165, 1.54) is 6.42 Å². The topological polar surface area (TPSA) is 55.4 Å². The fourth-order valence-corrected chi connectivity index (χ4v) is 3.20. The molecule has 1 heterocycles. The summed E-state index contributed by atoms with van der Waals surface area (Å²) < 4.78 is 5.01. The lowest BCUT2D eigenvalue weighted by Crippen LogP contribution is -2.42. The van der Waals surface area contributed by atoms with E-state index in [-0.39, 0.29) is 30.9 Å². The smallest absolute Gasteiger partial charge is 0.310 e. The molecule has 1 aliphatic rings. The van der Waals surface area contributed by atoms with Gasteiger partial charge in [0.2, 0.25) is 0 Å². The highest BCUT2D eigenvalue weighted by molar-refractivity contribution is 7.07. The van der Waals surface area contributed by atoms with Crippen molar-refractivity contribution in [1.82, 2.24) is 5.32 Å². The van der Waals surface area contributed by atoms with Gasteiger partial charge in [0.05, 0.1) is 6.42 Å². The number of hydrogen-bond acceptors (Lipinski definition) is 4. The van der Waals surface area contributed by atoms with Crippen molar-refractivity contribution in [3.05, 3.63) is 22.4 Å². The van der Waals surface area contributed by atoms with Crippen LogP contribution in [0.1, 0.15) is 38.2 Å². The predicted octanol–water partition coefficient (Wildman–Crippen LogP) is 2.53. The molecule has 1 amide bonds. The minimum absolute atomic E-state index is 0.174. The van der Waals surface area contributed by atoms with Crippen molar-refractivity contribution in [3.8, 4) is 0 Å². The normalized spacial score (nSPS) is 22.2. The molecule has 5 heteroatoms. The van der Waals surface area contributed by atoms with E-state index in [1.807, 2.05) is 16.8 Å². The molecule has 1 aromatic rings. The molecule has 0 saturated heterocycles. The molecule has 0 spiro atoms. The van der Waals surface area contributed by atoms with Crippen LogP contribution in [0.3, 0.4) is 0 Å². The summed E-state index contributed by atoms with van der Waals surface area (Å²) in [6.07, 6.45) is 4.81. The van der Waals surface area contributed by atoms with E-state index < -0.39 is 0 Å². The molecule has 1 saturated carbocycles. The summed E-state index contributed by atoms with van der Waals surface area (Å²) in [5.41, 5.74) is 0.932. The number of amides is 1. The number of thiophene rings is 1. The molecule has 1 N–H and O–H groups in total. The maximum absolute atomic E-state index is 11.8. The van der Waals surface area contributed by atoms with Crippen LogP contribution in [-0.4, -0.2) is 24.5 Å². The van der Waals surface area contributed by atoms with Gasteiger partial charge >= 0.3 is 5.97 Å². The van der Waals surface area contributed by atoms with Crippen molar-refractivity contribution in [2.75, 3.05) is 6.61 Å². The molecule has 1 aromatic heterocycles. The number of esters is 1. The predicted molar refractivity (Wildman–Crippen MR) is 78.5 cm³/mol. The molecule has 0 radical (unpaired) electrons. The zero-order chi connectivity index (χ0) is 14.4. The summed E-state index contributed by atoms with van der Waals surface area (Å²) in [7, 11) is 0. The lowest BCUT2D eigenvalue weighted by molar-refractivity contribution is -0.148. The van der Waals surface area contributed by atoms with Crippen molar-refractivity contribution in [3.63, 3.8) is 0 Å². The zero-order valence-corrected chi connectivity index (χ0v) is 12.6. The highest BCUT2D eigenvalue weighted by Crippen LogP contribution is 2.23. The van der Waals surface area contributed by atoms with E-state index in [2.05, 4.69) is 12.2 Å². The Morgan fingerprint density at radius 3 is 2.90 bits per heavy atom. The van der Waals surface area contributed by atoms with Crippen LogP contribution < -0.4 is 5.32 Å². The van der Waals surface area contributed by atoms with E-state index in [9.17, 15) is 9.59 Å². The first kappa shape index (κ1) is 15.0. The number of hydrogen-bond donors (Lipinski definition) is 1. The number of carbonyl (C=O) groups is 2. The molecule has 0 unspecified atom stereocenters. The number of rotatable bonds is 5. The Kier molecular flexibility index (Phi) is 5.59. The Morgan fingerprint density at radius 2 is 2.20 bits per heavy atom. The van der Waals surface area contributed by atoms with Gasteiger partial charge in [0.1, 0.15) is 0 Å². The Bertz CT molecular complexity index is 444. The first-order valence-electron chi connectivity index (χ1n) is 7.11. The van der Waals surface area contributed by atoms with Crippen LogP contribution in [0.15, 0.2) is 16.8 Å². The molecular formula is C15H21NO3S. The van der Waals surface area contributed by atoms with Gasteiger partial charge in [-0.1, -0.05) is 19.8 Å². The van der Waals surface area contributed by atoms with Gasteiger partial charge in [0.15, 0.2) is 6.61 Å². The molecular weight excluding hydrogens is 274 g/mol.